The van der Waals surface area contributed by atoms with E-state index in [9.17, 15) is 14.9 Å². The van der Waals surface area contributed by atoms with Crippen LogP contribution in [0.5, 0.6) is 0 Å². The van der Waals surface area contributed by atoms with Crippen molar-refractivity contribution in [2.24, 2.45) is 0 Å². The van der Waals surface area contributed by atoms with Gasteiger partial charge in [-0.05, 0) is 30.9 Å². The maximum Gasteiger partial charge on any atom is 0.338 e. The van der Waals surface area contributed by atoms with Gasteiger partial charge in [-0.2, -0.15) is 0 Å². The molecule has 0 amide bonds. The van der Waals surface area contributed by atoms with Gasteiger partial charge in [0, 0.05) is 12.1 Å². The molecule has 1 aromatic rings. The molecule has 1 N–H and O–H groups in total. The lowest BCUT2D eigenvalue weighted by atomic mass is 9.94. The van der Waals surface area contributed by atoms with E-state index in [1.165, 1.54) is 13.2 Å². The predicted molar refractivity (Wildman–Crippen MR) is 75.0 cm³/mol. The van der Waals surface area contributed by atoms with Crippen molar-refractivity contribution in [2.75, 3.05) is 12.4 Å². The lowest BCUT2D eigenvalue weighted by molar-refractivity contribution is -0.384. The van der Waals surface area contributed by atoms with Crippen LogP contribution >= 0.6 is 0 Å². The second kappa shape index (κ2) is 5.73. The highest BCUT2D eigenvalue weighted by Crippen LogP contribution is 2.35. The fourth-order valence-corrected chi connectivity index (χ4v) is 2.41. The summed E-state index contributed by atoms with van der Waals surface area (Å²) in [5.74, 6) is -0.566. The van der Waals surface area contributed by atoms with Crippen molar-refractivity contribution in [3.63, 3.8) is 0 Å². The molecule has 6 nitrogen and oxygen atoms in total. The molecule has 1 aliphatic rings. The molecule has 0 bridgehead atoms. The number of nitro benzene ring substituents is 1. The van der Waals surface area contributed by atoms with Crippen molar-refractivity contribution in [1.82, 2.24) is 0 Å². The molecule has 0 aliphatic carbocycles. The zero-order valence-electron chi connectivity index (χ0n) is 11.2. The van der Waals surface area contributed by atoms with Crippen LogP contribution in [0.1, 0.15) is 28.8 Å². The summed E-state index contributed by atoms with van der Waals surface area (Å²) in [6.45, 7) is 3.68. The number of anilines is 1. The van der Waals surface area contributed by atoms with Gasteiger partial charge in [-0.3, -0.25) is 10.1 Å². The molecule has 0 spiro atoms. The smallest absolute Gasteiger partial charge is 0.338 e. The number of ether oxygens (including phenoxy) is 1. The van der Waals surface area contributed by atoms with Crippen LogP contribution in [0.2, 0.25) is 0 Å². The summed E-state index contributed by atoms with van der Waals surface area (Å²) in [5.41, 5.74) is 1.40. The number of esters is 1. The SMILES string of the molecule is C=CC[C@@H]1CCc2cc(C(=O)OC)cc([N+](=O)[O-])c2N1. The van der Waals surface area contributed by atoms with E-state index in [-0.39, 0.29) is 17.3 Å². The quantitative estimate of drug-likeness (QED) is 0.396. The van der Waals surface area contributed by atoms with Crippen molar-refractivity contribution in [2.45, 2.75) is 25.3 Å². The Morgan fingerprint density at radius 1 is 1.65 bits per heavy atom. The van der Waals surface area contributed by atoms with E-state index in [0.29, 0.717) is 12.1 Å². The number of methoxy groups -OCH3 is 1. The molecular formula is C14H16N2O4. The van der Waals surface area contributed by atoms with Gasteiger partial charge in [0.05, 0.1) is 17.6 Å². The van der Waals surface area contributed by atoms with Gasteiger partial charge in [-0.25, -0.2) is 4.79 Å². The zero-order valence-corrected chi connectivity index (χ0v) is 11.2. The van der Waals surface area contributed by atoms with Gasteiger partial charge in [-0.1, -0.05) is 6.08 Å². The summed E-state index contributed by atoms with van der Waals surface area (Å²) < 4.78 is 4.63. The molecule has 1 aromatic carbocycles. The Bertz CT molecular complexity index is 569. The Morgan fingerprint density at radius 2 is 2.40 bits per heavy atom. The van der Waals surface area contributed by atoms with Crippen LogP contribution in [-0.2, 0) is 11.2 Å². The molecule has 0 radical (unpaired) electrons. The molecule has 0 aromatic heterocycles. The number of nitro groups is 1. The number of nitrogens with zero attached hydrogens (tertiary/aromatic N) is 1. The number of carbonyl (C=O) groups is 1. The first kappa shape index (κ1) is 14.0. The number of rotatable bonds is 4. The lowest BCUT2D eigenvalue weighted by Gasteiger charge is -2.26. The van der Waals surface area contributed by atoms with Crippen molar-refractivity contribution < 1.29 is 14.5 Å². The molecule has 106 valence electrons. The molecule has 0 saturated carbocycles. The number of carbonyl (C=O) groups excluding carboxylic acids is 1. The predicted octanol–water partition coefficient (Wildman–Crippen LogP) is 2.68. The van der Waals surface area contributed by atoms with Gasteiger partial charge >= 0.3 is 5.97 Å². The summed E-state index contributed by atoms with van der Waals surface area (Å²) in [5, 5.41) is 14.4. The van der Waals surface area contributed by atoms with Crippen LogP contribution in [0.15, 0.2) is 24.8 Å². The van der Waals surface area contributed by atoms with Crippen LogP contribution < -0.4 is 5.32 Å². The summed E-state index contributed by atoms with van der Waals surface area (Å²) in [6, 6.07) is 3.06. The fourth-order valence-electron chi connectivity index (χ4n) is 2.41. The zero-order chi connectivity index (χ0) is 14.7. The molecule has 20 heavy (non-hydrogen) atoms. The van der Waals surface area contributed by atoms with Gasteiger partial charge in [0.25, 0.3) is 5.69 Å². The largest absolute Gasteiger partial charge is 0.465 e. The number of aryl methyl sites for hydroxylation is 1. The van der Waals surface area contributed by atoms with E-state index in [1.807, 2.05) is 0 Å². The molecule has 0 saturated heterocycles. The highest BCUT2D eigenvalue weighted by molar-refractivity contribution is 5.92. The molecule has 1 aliphatic heterocycles. The molecule has 1 heterocycles. The van der Waals surface area contributed by atoms with E-state index in [1.54, 1.807) is 12.1 Å². The first-order valence-corrected chi connectivity index (χ1v) is 6.34. The van der Waals surface area contributed by atoms with Crippen LogP contribution in [-0.4, -0.2) is 24.0 Å². The maximum atomic E-state index is 11.6. The molecule has 1 atom stereocenters. The molecular weight excluding hydrogens is 260 g/mol. The van der Waals surface area contributed by atoms with Gasteiger partial charge in [0.15, 0.2) is 0 Å². The highest BCUT2D eigenvalue weighted by atomic mass is 16.6. The van der Waals surface area contributed by atoms with Crippen LogP contribution in [0, 0.1) is 10.1 Å². The van der Waals surface area contributed by atoms with Crippen LogP contribution in [0.25, 0.3) is 0 Å². The summed E-state index contributed by atoms with van der Waals surface area (Å²) in [7, 11) is 1.26. The van der Waals surface area contributed by atoms with Crippen molar-refractivity contribution in [1.29, 1.82) is 0 Å². The summed E-state index contributed by atoms with van der Waals surface area (Å²) in [4.78, 5) is 22.3. The fraction of sp³-hybridized carbons (Fsp3) is 0.357. The first-order valence-electron chi connectivity index (χ1n) is 6.34. The average molecular weight is 276 g/mol. The minimum atomic E-state index is -0.566. The molecule has 0 fully saturated rings. The van der Waals surface area contributed by atoms with Gasteiger partial charge in [0.1, 0.15) is 5.69 Å². The molecule has 0 unspecified atom stereocenters. The third kappa shape index (κ3) is 2.64. The maximum absolute atomic E-state index is 11.6. The van der Waals surface area contributed by atoms with E-state index >= 15 is 0 Å². The standard InChI is InChI=1S/C14H16N2O4/c1-3-4-11-6-5-9-7-10(14(17)20-2)8-12(16(18)19)13(9)15-11/h3,7-8,11,15H,1,4-6H2,2H3/t11-/m1/s1. The van der Waals surface area contributed by atoms with E-state index < -0.39 is 10.9 Å². The second-order valence-electron chi connectivity index (χ2n) is 4.68. The number of benzene rings is 1. The van der Waals surface area contributed by atoms with E-state index in [0.717, 1.165) is 18.4 Å². The van der Waals surface area contributed by atoms with Crippen molar-refractivity contribution in [3.05, 3.63) is 46.0 Å². The monoisotopic (exact) mass is 276 g/mol. The van der Waals surface area contributed by atoms with Gasteiger partial charge < -0.3 is 10.1 Å². The Morgan fingerprint density at radius 3 is 3.00 bits per heavy atom. The third-order valence-corrected chi connectivity index (χ3v) is 3.38. The van der Waals surface area contributed by atoms with E-state index in [4.69, 9.17) is 0 Å². The Balaban J connectivity index is 2.45. The number of nitrogens with one attached hydrogen (secondary N) is 1. The molecule has 2 rings (SSSR count). The first-order chi connectivity index (χ1) is 9.56. The Kier molecular flexibility index (Phi) is 4.02. The summed E-state index contributed by atoms with van der Waals surface area (Å²) in [6.07, 6.45) is 4.07. The van der Waals surface area contributed by atoms with Crippen LogP contribution in [0.4, 0.5) is 11.4 Å². The number of hydrogen-bond acceptors (Lipinski definition) is 5. The normalized spacial score (nSPS) is 16.8. The number of fused-ring (bicyclic) bond motifs is 1. The summed E-state index contributed by atoms with van der Waals surface area (Å²) >= 11 is 0. The van der Waals surface area contributed by atoms with Gasteiger partial charge in [-0.15, -0.1) is 6.58 Å². The lowest BCUT2D eigenvalue weighted by Crippen LogP contribution is -2.26. The van der Waals surface area contributed by atoms with Crippen molar-refractivity contribution >= 4 is 17.3 Å². The highest BCUT2D eigenvalue weighted by Gasteiger charge is 2.27. The Labute approximate surface area is 116 Å². The second-order valence-corrected chi connectivity index (χ2v) is 4.68. The average Bonchev–Trinajstić information content (AvgIpc) is 2.45. The topological polar surface area (TPSA) is 81.5 Å². The molecule has 6 heteroatoms. The van der Waals surface area contributed by atoms with Crippen molar-refractivity contribution in [3.8, 4) is 0 Å². The Hall–Kier alpha value is -2.37. The third-order valence-electron chi connectivity index (χ3n) is 3.38. The minimum Gasteiger partial charge on any atom is -0.465 e. The minimum absolute atomic E-state index is 0.0864. The number of hydrogen-bond donors (Lipinski definition) is 1. The van der Waals surface area contributed by atoms with Gasteiger partial charge in [0.2, 0.25) is 0 Å². The van der Waals surface area contributed by atoms with E-state index in [2.05, 4.69) is 16.6 Å². The van der Waals surface area contributed by atoms with Crippen LogP contribution in [0.3, 0.4) is 0 Å².